The van der Waals surface area contributed by atoms with Crippen LogP contribution in [0.5, 0.6) is 0 Å². The van der Waals surface area contributed by atoms with Crippen molar-refractivity contribution < 1.29 is 28.9 Å². The minimum atomic E-state index is -1.44. The van der Waals surface area contributed by atoms with E-state index < -0.39 is 42.6 Å². The number of azide groups is 1. The fraction of sp³-hybridized carbons (Fsp3) is 0.800. The standard InChI is InChI=1S/C10H15N3O6/c1-4-8(18-5(2)14)9(19-6(3)15)7(12-13-11)10(16)17-4/h4,7-10,16H,1-3H3/t4-,7-,8+,9-,10?/m1/s1. The zero-order chi connectivity index (χ0) is 14.6. The molecule has 0 amide bonds. The van der Waals surface area contributed by atoms with Crippen LogP contribution in [0.15, 0.2) is 5.11 Å². The van der Waals surface area contributed by atoms with Crippen LogP contribution in [0.4, 0.5) is 0 Å². The first-order valence-electron chi connectivity index (χ1n) is 5.59. The van der Waals surface area contributed by atoms with Gasteiger partial charge in [-0.1, -0.05) is 5.11 Å². The molecule has 1 aliphatic rings. The van der Waals surface area contributed by atoms with Gasteiger partial charge in [-0.3, -0.25) is 9.59 Å². The molecule has 106 valence electrons. The van der Waals surface area contributed by atoms with Gasteiger partial charge >= 0.3 is 11.9 Å². The second-order valence-electron chi connectivity index (χ2n) is 4.08. The largest absolute Gasteiger partial charge is 0.458 e. The predicted molar refractivity (Wildman–Crippen MR) is 60.6 cm³/mol. The lowest BCUT2D eigenvalue weighted by Gasteiger charge is -2.40. The molecule has 1 fully saturated rings. The minimum Gasteiger partial charge on any atom is -0.458 e. The summed E-state index contributed by atoms with van der Waals surface area (Å²) in [7, 11) is 0. The third-order valence-corrected chi connectivity index (χ3v) is 2.56. The lowest BCUT2D eigenvalue weighted by atomic mass is 9.97. The van der Waals surface area contributed by atoms with Crippen LogP contribution in [0.2, 0.25) is 0 Å². The second kappa shape index (κ2) is 6.37. The smallest absolute Gasteiger partial charge is 0.303 e. The Morgan fingerprint density at radius 2 is 1.79 bits per heavy atom. The first kappa shape index (κ1) is 15.2. The van der Waals surface area contributed by atoms with Crippen LogP contribution in [0.3, 0.4) is 0 Å². The number of carbonyl (C=O) groups is 2. The third-order valence-electron chi connectivity index (χ3n) is 2.56. The molecule has 9 nitrogen and oxygen atoms in total. The zero-order valence-electron chi connectivity index (χ0n) is 10.7. The Labute approximate surface area is 109 Å². The molecule has 9 heteroatoms. The predicted octanol–water partition coefficient (Wildman–Crippen LogP) is 0.266. The first-order valence-corrected chi connectivity index (χ1v) is 5.59. The van der Waals surface area contributed by atoms with Crippen LogP contribution in [0.1, 0.15) is 20.8 Å². The maximum absolute atomic E-state index is 11.1. The number of hydrogen-bond acceptors (Lipinski definition) is 7. The molecule has 0 aromatic carbocycles. The van der Waals surface area contributed by atoms with Gasteiger partial charge in [0.15, 0.2) is 18.5 Å². The molecule has 19 heavy (non-hydrogen) atoms. The molecule has 1 N–H and O–H groups in total. The summed E-state index contributed by atoms with van der Waals surface area (Å²) in [6.07, 6.45) is -4.22. The number of hydrogen-bond donors (Lipinski definition) is 1. The molecule has 0 aromatic rings. The fourth-order valence-corrected chi connectivity index (χ4v) is 1.87. The lowest BCUT2D eigenvalue weighted by Crippen LogP contribution is -2.58. The Balaban J connectivity index is 3.05. The van der Waals surface area contributed by atoms with Crippen LogP contribution >= 0.6 is 0 Å². The maximum Gasteiger partial charge on any atom is 0.303 e. The van der Waals surface area contributed by atoms with Gasteiger partial charge in [-0.15, -0.1) is 0 Å². The summed E-state index contributed by atoms with van der Waals surface area (Å²) >= 11 is 0. The van der Waals surface area contributed by atoms with Crippen LogP contribution in [0, 0.1) is 0 Å². The van der Waals surface area contributed by atoms with E-state index in [0.717, 1.165) is 6.92 Å². The van der Waals surface area contributed by atoms with Crippen molar-refractivity contribution in [2.45, 2.75) is 51.4 Å². The highest BCUT2D eigenvalue weighted by Gasteiger charge is 2.47. The minimum absolute atomic E-state index is 0.603. The van der Waals surface area contributed by atoms with Gasteiger partial charge < -0.3 is 19.3 Å². The topological polar surface area (TPSA) is 131 Å². The van der Waals surface area contributed by atoms with E-state index in [4.69, 9.17) is 19.7 Å². The highest BCUT2D eigenvalue weighted by atomic mass is 16.7. The summed E-state index contributed by atoms with van der Waals surface area (Å²) in [5, 5.41) is 13.0. The van der Waals surface area contributed by atoms with Gasteiger partial charge in [0.2, 0.25) is 0 Å². The second-order valence-corrected chi connectivity index (χ2v) is 4.08. The number of aliphatic hydroxyl groups is 1. The van der Waals surface area contributed by atoms with E-state index in [-0.39, 0.29) is 0 Å². The maximum atomic E-state index is 11.1. The van der Waals surface area contributed by atoms with Crippen molar-refractivity contribution in [3.8, 4) is 0 Å². The summed E-state index contributed by atoms with van der Waals surface area (Å²) in [4.78, 5) is 24.7. The Morgan fingerprint density at radius 1 is 1.26 bits per heavy atom. The Bertz CT molecular complexity index is 408. The van der Waals surface area contributed by atoms with Gasteiger partial charge in [0.25, 0.3) is 0 Å². The van der Waals surface area contributed by atoms with Crippen molar-refractivity contribution in [1.29, 1.82) is 0 Å². The Morgan fingerprint density at radius 3 is 2.26 bits per heavy atom. The normalized spacial score (nSPS) is 34.0. The van der Waals surface area contributed by atoms with Crippen molar-refractivity contribution in [3.05, 3.63) is 10.4 Å². The van der Waals surface area contributed by atoms with Gasteiger partial charge in [-0.05, 0) is 12.5 Å². The molecule has 1 unspecified atom stereocenters. The fourth-order valence-electron chi connectivity index (χ4n) is 1.87. The average Bonchev–Trinajstić information content (AvgIpc) is 2.28. The molecule has 0 aliphatic carbocycles. The molecule has 1 aliphatic heterocycles. The van der Waals surface area contributed by atoms with Crippen LogP contribution in [-0.2, 0) is 23.8 Å². The highest BCUT2D eigenvalue weighted by Crippen LogP contribution is 2.27. The summed E-state index contributed by atoms with van der Waals surface area (Å²) < 4.78 is 15.1. The first-order chi connectivity index (χ1) is 8.86. The van der Waals surface area contributed by atoms with Crippen molar-refractivity contribution >= 4 is 11.9 Å². The van der Waals surface area contributed by atoms with Crippen LogP contribution in [0.25, 0.3) is 10.4 Å². The number of nitrogens with zero attached hydrogens (tertiary/aromatic N) is 3. The molecular formula is C10H15N3O6. The van der Waals surface area contributed by atoms with Gasteiger partial charge in [-0.2, -0.15) is 0 Å². The van der Waals surface area contributed by atoms with Crippen molar-refractivity contribution in [2.24, 2.45) is 5.11 Å². The summed E-state index contributed by atoms with van der Waals surface area (Å²) in [6, 6.07) is -1.19. The van der Waals surface area contributed by atoms with E-state index in [9.17, 15) is 14.7 Å². The number of ether oxygens (including phenoxy) is 3. The molecule has 0 aromatic heterocycles. The molecule has 0 spiro atoms. The van der Waals surface area contributed by atoms with Crippen molar-refractivity contribution in [1.82, 2.24) is 0 Å². The van der Waals surface area contributed by atoms with E-state index in [2.05, 4.69) is 10.0 Å². The van der Waals surface area contributed by atoms with Crippen LogP contribution in [-0.4, -0.2) is 47.7 Å². The lowest BCUT2D eigenvalue weighted by molar-refractivity contribution is -0.249. The summed E-state index contributed by atoms with van der Waals surface area (Å²) in [5.74, 6) is -1.25. The highest BCUT2D eigenvalue weighted by molar-refractivity contribution is 5.67. The van der Waals surface area contributed by atoms with Crippen LogP contribution < -0.4 is 0 Å². The van der Waals surface area contributed by atoms with Gasteiger partial charge in [0, 0.05) is 18.8 Å². The monoisotopic (exact) mass is 273 g/mol. The average molecular weight is 273 g/mol. The Hall–Kier alpha value is -1.83. The van der Waals surface area contributed by atoms with E-state index in [1.54, 1.807) is 6.92 Å². The molecule has 1 heterocycles. The number of rotatable bonds is 3. The summed E-state index contributed by atoms with van der Waals surface area (Å²) in [6.45, 7) is 3.88. The van der Waals surface area contributed by atoms with E-state index in [1.807, 2.05) is 0 Å². The molecule has 0 radical (unpaired) electrons. The van der Waals surface area contributed by atoms with Gasteiger partial charge in [0.05, 0.1) is 6.10 Å². The summed E-state index contributed by atoms with van der Waals surface area (Å²) in [5.41, 5.74) is 8.47. The molecule has 1 saturated heterocycles. The number of carbonyl (C=O) groups excluding carboxylic acids is 2. The number of aliphatic hydroxyl groups excluding tert-OH is 1. The number of esters is 2. The van der Waals surface area contributed by atoms with E-state index >= 15 is 0 Å². The molecule has 5 atom stereocenters. The molecule has 1 rings (SSSR count). The zero-order valence-corrected chi connectivity index (χ0v) is 10.7. The quantitative estimate of drug-likeness (QED) is 0.339. The van der Waals surface area contributed by atoms with Crippen molar-refractivity contribution in [2.75, 3.05) is 0 Å². The van der Waals surface area contributed by atoms with Gasteiger partial charge in [0.1, 0.15) is 6.04 Å². The SMILES string of the molecule is CC(=O)O[C@@H]1[C@H](OC(C)=O)[C@@H](N=[N+]=[N-])C(O)O[C@@H]1C. The van der Waals surface area contributed by atoms with E-state index in [0.29, 0.717) is 0 Å². The van der Waals surface area contributed by atoms with Crippen molar-refractivity contribution in [3.63, 3.8) is 0 Å². The molecular weight excluding hydrogens is 258 g/mol. The van der Waals surface area contributed by atoms with Gasteiger partial charge in [-0.25, -0.2) is 0 Å². The third kappa shape index (κ3) is 3.82. The molecule has 0 bridgehead atoms. The Kier molecular flexibility index (Phi) is 5.11. The van der Waals surface area contributed by atoms with E-state index in [1.165, 1.54) is 6.92 Å². The molecule has 0 saturated carbocycles.